The van der Waals surface area contributed by atoms with Crippen molar-refractivity contribution in [2.45, 2.75) is 71.3 Å². The number of aromatic hydroxyl groups is 1. The lowest BCUT2D eigenvalue weighted by Gasteiger charge is -2.38. The van der Waals surface area contributed by atoms with Crippen LogP contribution in [-0.4, -0.2) is 39.8 Å². The van der Waals surface area contributed by atoms with E-state index in [0.717, 1.165) is 17.6 Å². The Labute approximate surface area is 263 Å². The maximum absolute atomic E-state index is 13.8. The number of hydrogen-bond acceptors (Lipinski definition) is 5. The molecule has 1 fully saturated rings. The first-order chi connectivity index (χ1) is 21.5. The van der Waals surface area contributed by atoms with Gasteiger partial charge in [0, 0.05) is 5.92 Å². The monoisotopic (exact) mass is 653 g/mol. The zero-order chi connectivity index (χ0) is 34.1. The van der Waals surface area contributed by atoms with Crippen LogP contribution in [0.4, 0.5) is 32.0 Å². The topological polar surface area (TPSA) is 98.1 Å². The average molecular weight is 654 g/mol. The van der Waals surface area contributed by atoms with Gasteiger partial charge in [0.25, 0.3) is 0 Å². The van der Waals surface area contributed by atoms with Crippen LogP contribution < -0.4 is 4.90 Å². The normalized spacial score (nSPS) is 21.8. The number of alkyl halides is 6. The molecule has 1 heterocycles. The zero-order valence-electron chi connectivity index (χ0n) is 25.6. The van der Waals surface area contributed by atoms with E-state index in [2.05, 4.69) is 0 Å². The number of carbonyl (C=O) groups excluding carboxylic acids is 2. The van der Waals surface area contributed by atoms with Crippen LogP contribution in [0.15, 0.2) is 59.2 Å². The molecule has 2 aromatic rings. The second-order valence-electron chi connectivity index (χ2n) is 12.2. The number of fused-ring (bicyclic) bond motifs is 1. The van der Waals surface area contributed by atoms with Gasteiger partial charge >= 0.3 is 12.4 Å². The van der Waals surface area contributed by atoms with Gasteiger partial charge in [0.05, 0.1) is 41.4 Å². The molecule has 1 aliphatic heterocycles. The third kappa shape index (κ3) is 7.33. The zero-order valence-corrected chi connectivity index (χ0v) is 25.6. The number of allylic oxidation sites excluding steroid dienone is 2. The highest BCUT2D eigenvalue weighted by Crippen LogP contribution is 2.50. The number of imide groups is 1. The molecule has 4 atom stereocenters. The lowest BCUT2D eigenvalue weighted by Crippen LogP contribution is -2.40. The van der Waals surface area contributed by atoms with E-state index < -0.39 is 71.4 Å². The molecule has 12 heteroatoms. The molecule has 4 rings (SSSR count). The number of phenolic OH excluding ortho intramolecular Hbond substituents is 1. The summed E-state index contributed by atoms with van der Waals surface area (Å²) in [5, 5.41) is 31.9. The fourth-order valence-corrected chi connectivity index (χ4v) is 6.68. The highest BCUT2D eigenvalue weighted by Gasteiger charge is 2.56. The first-order valence-corrected chi connectivity index (χ1v) is 15.1. The number of nitrogens with zero attached hydrogens (tertiary/aromatic N) is 1. The van der Waals surface area contributed by atoms with E-state index in [9.17, 15) is 51.3 Å². The molecule has 0 bridgehead atoms. The summed E-state index contributed by atoms with van der Waals surface area (Å²) in [6, 6.07) is 7.29. The van der Waals surface area contributed by atoms with Crippen LogP contribution in [-0.2, 0) is 21.9 Å². The number of anilines is 1. The summed E-state index contributed by atoms with van der Waals surface area (Å²) in [6.45, 7) is 4.94. The molecule has 0 saturated carbocycles. The minimum absolute atomic E-state index is 0.0433. The fourth-order valence-electron chi connectivity index (χ4n) is 6.68. The van der Waals surface area contributed by atoms with Crippen molar-refractivity contribution in [2.24, 2.45) is 23.7 Å². The minimum Gasteiger partial charge on any atom is -0.508 e. The largest absolute Gasteiger partial charge is 0.508 e. The van der Waals surface area contributed by atoms with Crippen LogP contribution in [0, 0.1) is 23.7 Å². The predicted molar refractivity (Wildman–Crippen MR) is 159 cm³/mol. The van der Waals surface area contributed by atoms with Crippen molar-refractivity contribution < 1.29 is 51.3 Å². The van der Waals surface area contributed by atoms with Crippen LogP contribution in [0.2, 0.25) is 0 Å². The summed E-state index contributed by atoms with van der Waals surface area (Å²) in [4.78, 5) is 27.7. The second kappa shape index (κ2) is 13.6. The molecule has 0 radical (unpaired) electrons. The first kappa shape index (κ1) is 35.2. The first-order valence-electron chi connectivity index (χ1n) is 15.1. The molecule has 3 N–H and O–H groups in total. The molecule has 2 aliphatic rings. The number of benzene rings is 2. The maximum Gasteiger partial charge on any atom is 0.416 e. The van der Waals surface area contributed by atoms with Crippen LogP contribution in [0.1, 0.15) is 69.6 Å². The number of phenols is 1. The third-order valence-electron chi connectivity index (χ3n) is 8.75. The molecule has 250 valence electrons. The standard InChI is InChI=1S/C34H37F6NO5/c1-4-6-19(11-20-7-5-8-24(43)12-20)9-10-28(44)29-25(18(2)3)16-26-30(27(29)17-42)32(46)41(31(26)45)23-14-21(33(35,36)37)13-22(15-23)34(38,39)40/h5,7-8,11-15,18,26-28,30,42-44H,4,6,9-10,16-17H2,1-3H3/b19-11+/t26-,27+,28-,30-/m1/s1. The molecule has 0 unspecified atom stereocenters. The van der Waals surface area contributed by atoms with E-state index in [4.69, 9.17) is 0 Å². The van der Waals surface area contributed by atoms with E-state index in [1.807, 2.05) is 32.9 Å². The Morgan fingerprint density at radius 2 is 1.61 bits per heavy atom. The van der Waals surface area contributed by atoms with E-state index in [1.165, 1.54) is 0 Å². The van der Waals surface area contributed by atoms with Crippen LogP contribution in [0.3, 0.4) is 0 Å². The Balaban J connectivity index is 1.69. The van der Waals surface area contributed by atoms with Crippen molar-refractivity contribution in [2.75, 3.05) is 11.5 Å². The summed E-state index contributed by atoms with van der Waals surface area (Å²) in [6.07, 6.45) is -7.52. The van der Waals surface area contributed by atoms with Gasteiger partial charge in [0.15, 0.2) is 0 Å². The van der Waals surface area contributed by atoms with Crippen LogP contribution >= 0.6 is 0 Å². The number of amides is 2. The molecule has 0 aromatic heterocycles. The number of hydrogen-bond donors (Lipinski definition) is 3. The highest BCUT2D eigenvalue weighted by molar-refractivity contribution is 6.22. The van der Waals surface area contributed by atoms with Gasteiger partial charge in [-0.15, -0.1) is 0 Å². The van der Waals surface area contributed by atoms with Gasteiger partial charge < -0.3 is 15.3 Å². The molecular formula is C34H37F6NO5. The van der Waals surface area contributed by atoms with Crippen LogP contribution in [0.25, 0.3) is 6.08 Å². The Kier molecular flexibility index (Phi) is 10.4. The summed E-state index contributed by atoms with van der Waals surface area (Å²) in [5.74, 6) is -5.63. The third-order valence-corrected chi connectivity index (χ3v) is 8.75. The van der Waals surface area contributed by atoms with Crippen molar-refractivity contribution in [3.05, 3.63) is 75.9 Å². The molecule has 2 amide bonds. The van der Waals surface area contributed by atoms with E-state index in [0.29, 0.717) is 41.0 Å². The number of halogens is 6. The molecule has 2 aromatic carbocycles. The molecular weight excluding hydrogens is 616 g/mol. The Bertz CT molecular complexity index is 1490. The van der Waals surface area contributed by atoms with Crippen molar-refractivity contribution >= 4 is 23.6 Å². The van der Waals surface area contributed by atoms with Gasteiger partial charge in [-0.1, -0.05) is 56.5 Å². The van der Waals surface area contributed by atoms with E-state index >= 15 is 0 Å². The average Bonchev–Trinajstić information content (AvgIpc) is 3.22. The van der Waals surface area contributed by atoms with Crippen molar-refractivity contribution in [1.82, 2.24) is 0 Å². The minimum atomic E-state index is -5.18. The maximum atomic E-state index is 13.8. The Hall–Kier alpha value is -3.64. The van der Waals surface area contributed by atoms with Gasteiger partial charge in [0.1, 0.15) is 5.75 Å². The van der Waals surface area contributed by atoms with Crippen molar-refractivity contribution in [1.29, 1.82) is 0 Å². The summed E-state index contributed by atoms with van der Waals surface area (Å²) < 4.78 is 81.5. The van der Waals surface area contributed by atoms with Crippen molar-refractivity contribution in [3.8, 4) is 5.75 Å². The smallest absolute Gasteiger partial charge is 0.416 e. The highest BCUT2D eigenvalue weighted by atomic mass is 19.4. The molecule has 1 aliphatic carbocycles. The number of rotatable bonds is 10. The van der Waals surface area contributed by atoms with Gasteiger partial charge in [-0.2, -0.15) is 26.3 Å². The SMILES string of the molecule is CCC/C(=C\c1cccc(O)c1)CC[C@@H](O)C1=C(C(C)C)C[C@H]2C(=O)N(c3cc(C(F)(F)F)cc(C(F)(F)F)c3)C(=O)[C@H]2[C@H]1CO. The second-order valence-corrected chi connectivity index (χ2v) is 12.2. The molecule has 1 saturated heterocycles. The van der Waals surface area contributed by atoms with Crippen molar-refractivity contribution in [3.63, 3.8) is 0 Å². The lowest BCUT2D eigenvalue weighted by atomic mass is 9.66. The predicted octanol–water partition coefficient (Wildman–Crippen LogP) is 7.53. The molecule has 46 heavy (non-hydrogen) atoms. The Morgan fingerprint density at radius 3 is 2.13 bits per heavy atom. The Morgan fingerprint density at radius 1 is 0.978 bits per heavy atom. The van der Waals surface area contributed by atoms with E-state index in [1.54, 1.807) is 18.2 Å². The van der Waals surface area contributed by atoms with Crippen LogP contribution in [0.5, 0.6) is 5.75 Å². The van der Waals surface area contributed by atoms with Gasteiger partial charge in [-0.25, -0.2) is 4.90 Å². The van der Waals surface area contributed by atoms with E-state index in [-0.39, 0.29) is 30.6 Å². The number of aliphatic hydroxyl groups excluding tert-OH is 2. The lowest BCUT2D eigenvalue weighted by molar-refractivity contribution is -0.143. The number of carbonyl (C=O) groups is 2. The molecule has 0 spiro atoms. The van der Waals surface area contributed by atoms with Gasteiger partial charge in [0.2, 0.25) is 11.8 Å². The number of aliphatic hydroxyl groups is 2. The summed E-state index contributed by atoms with van der Waals surface area (Å²) >= 11 is 0. The molecule has 6 nitrogen and oxygen atoms in total. The summed E-state index contributed by atoms with van der Waals surface area (Å²) in [7, 11) is 0. The van der Waals surface area contributed by atoms with Gasteiger partial charge in [-0.05, 0) is 73.1 Å². The fraction of sp³-hybridized carbons (Fsp3) is 0.471. The summed E-state index contributed by atoms with van der Waals surface area (Å²) in [5.41, 5.74) is -1.43. The quantitative estimate of drug-likeness (QED) is 0.140. The van der Waals surface area contributed by atoms with Gasteiger partial charge in [-0.3, -0.25) is 9.59 Å².